The third kappa shape index (κ3) is 4.01. The molecule has 0 bridgehead atoms. The number of piperidine rings is 1. The van der Waals surface area contributed by atoms with E-state index in [9.17, 15) is 4.79 Å². The van der Waals surface area contributed by atoms with Crippen molar-refractivity contribution < 1.29 is 14.1 Å². The van der Waals surface area contributed by atoms with Crippen molar-refractivity contribution in [2.75, 3.05) is 13.1 Å². The van der Waals surface area contributed by atoms with Crippen molar-refractivity contribution in [3.63, 3.8) is 0 Å². The van der Waals surface area contributed by atoms with Gasteiger partial charge in [-0.1, -0.05) is 35.5 Å². The Balaban J connectivity index is 1.47. The van der Waals surface area contributed by atoms with Crippen LogP contribution < -0.4 is 0 Å². The molecule has 1 amide bonds. The molecule has 0 aliphatic carbocycles. The molecule has 0 N–H and O–H groups in total. The van der Waals surface area contributed by atoms with E-state index >= 15 is 0 Å². The van der Waals surface area contributed by atoms with Gasteiger partial charge in [0.15, 0.2) is 5.82 Å². The van der Waals surface area contributed by atoms with Crippen molar-refractivity contribution in [2.24, 2.45) is 0 Å². The second-order valence-corrected chi connectivity index (χ2v) is 5.75. The molecule has 7 heteroatoms. The molecular formula is C16H18ClN3O3. The van der Waals surface area contributed by atoms with Crippen LogP contribution in [0.3, 0.4) is 0 Å². The number of ether oxygens (including phenoxy) is 1. The molecule has 3 rings (SSSR count). The smallest absolute Gasteiger partial charge is 0.410 e. The van der Waals surface area contributed by atoms with Crippen molar-refractivity contribution in [1.29, 1.82) is 0 Å². The van der Waals surface area contributed by atoms with Gasteiger partial charge in [0.25, 0.3) is 0 Å². The average molecular weight is 336 g/mol. The van der Waals surface area contributed by atoms with Crippen LogP contribution in [0.2, 0.25) is 0 Å². The van der Waals surface area contributed by atoms with Crippen LogP contribution in [0, 0.1) is 0 Å². The second kappa shape index (κ2) is 7.46. The Hall–Kier alpha value is -2.08. The molecule has 1 aromatic heterocycles. The fourth-order valence-electron chi connectivity index (χ4n) is 2.62. The minimum atomic E-state index is -0.276. The average Bonchev–Trinajstić information content (AvgIpc) is 3.10. The highest BCUT2D eigenvalue weighted by molar-refractivity contribution is 6.16. The Bertz CT molecular complexity index is 639. The van der Waals surface area contributed by atoms with Crippen LogP contribution in [0.5, 0.6) is 0 Å². The fourth-order valence-corrected chi connectivity index (χ4v) is 2.73. The summed E-state index contributed by atoms with van der Waals surface area (Å²) in [7, 11) is 0. The van der Waals surface area contributed by atoms with Gasteiger partial charge in [-0.15, -0.1) is 11.6 Å². The Labute approximate surface area is 139 Å². The maximum atomic E-state index is 12.1. The standard InChI is InChI=1S/C16H18ClN3O3/c17-10-14-18-15(19-23-14)13-6-8-20(9-7-13)16(21)22-11-12-4-2-1-3-5-12/h1-5,13H,6-11H2. The van der Waals surface area contributed by atoms with Crippen LogP contribution in [0.1, 0.15) is 36.0 Å². The molecule has 122 valence electrons. The summed E-state index contributed by atoms with van der Waals surface area (Å²) in [4.78, 5) is 18.1. The summed E-state index contributed by atoms with van der Waals surface area (Å²) in [6.07, 6.45) is 1.31. The molecule has 0 unspecified atom stereocenters. The topological polar surface area (TPSA) is 68.5 Å². The number of amides is 1. The van der Waals surface area contributed by atoms with E-state index in [1.807, 2.05) is 30.3 Å². The summed E-state index contributed by atoms with van der Waals surface area (Å²) in [5.74, 6) is 1.54. The lowest BCUT2D eigenvalue weighted by Crippen LogP contribution is -2.38. The molecule has 1 fully saturated rings. The lowest BCUT2D eigenvalue weighted by atomic mass is 9.96. The number of alkyl halides is 1. The normalized spacial score (nSPS) is 15.6. The summed E-state index contributed by atoms with van der Waals surface area (Å²) in [6.45, 7) is 1.55. The van der Waals surface area contributed by atoms with E-state index in [0.717, 1.165) is 18.4 Å². The largest absolute Gasteiger partial charge is 0.445 e. The van der Waals surface area contributed by atoms with E-state index < -0.39 is 0 Å². The zero-order chi connectivity index (χ0) is 16.1. The first-order valence-corrected chi connectivity index (χ1v) is 8.14. The van der Waals surface area contributed by atoms with E-state index in [-0.39, 0.29) is 17.9 Å². The molecule has 0 spiro atoms. The number of benzene rings is 1. The molecule has 1 aliphatic rings. The maximum absolute atomic E-state index is 12.1. The molecular weight excluding hydrogens is 318 g/mol. The lowest BCUT2D eigenvalue weighted by Gasteiger charge is -2.29. The van der Waals surface area contributed by atoms with Gasteiger partial charge in [-0.25, -0.2) is 4.79 Å². The molecule has 6 nitrogen and oxygen atoms in total. The minimum Gasteiger partial charge on any atom is -0.445 e. The van der Waals surface area contributed by atoms with Crippen molar-refractivity contribution in [3.05, 3.63) is 47.6 Å². The van der Waals surface area contributed by atoms with Crippen LogP contribution in [0.25, 0.3) is 0 Å². The van der Waals surface area contributed by atoms with Crippen molar-refractivity contribution in [1.82, 2.24) is 15.0 Å². The van der Waals surface area contributed by atoms with E-state index in [4.69, 9.17) is 20.9 Å². The summed E-state index contributed by atoms with van der Waals surface area (Å²) < 4.78 is 10.4. The van der Waals surface area contributed by atoms with Crippen LogP contribution in [-0.2, 0) is 17.2 Å². The monoisotopic (exact) mass is 335 g/mol. The molecule has 0 radical (unpaired) electrons. The summed E-state index contributed by atoms with van der Waals surface area (Å²) in [5, 5.41) is 3.95. The van der Waals surface area contributed by atoms with Crippen LogP contribution in [0.4, 0.5) is 4.79 Å². The fraction of sp³-hybridized carbons (Fsp3) is 0.438. The number of nitrogens with zero attached hydrogens (tertiary/aromatic N) is 3. The van der Waals surface area contributed by atoms with Gasteiger partial charge in [-0.2, -0.15) is 4.98 Å². The molecule has 2 heterocycles. The van der Waals surface area contributed by atoms with Gasteiger partial charge < -0.3 is 14.2 Å². The van der Waals surface area contributed by atoms with Crippen molar-refractivity contribution in [2.45, 2.75) is 31.2 Å². The van der Waals surface area contributed by atoms with Gasteiger partial charge in [0, 0.05) is 19.0 Å². The highest BCUT2D eigenvalue weighted by atomic mass is 35.5. The SMILES string of the molecule is O=C(OCc1ccccc1)N1CCC(c2noc(CCl)n2)CC1. The predicted octanol–water partition coefficient (Wildman–Crippen LogP) is 3.32. The lowest BCUT2D eigenvalue weighted by molar-refractivity contribution is 0.0865. The summed E-state index contributed by atoms with van der Waals surface area (Å²) in [5.41, 5.74) is 0.983. The number of carbonyl (C=O) groups is 1. The highest BCUT2D eigenvalue weighted by Crippen LogP contribution is 2.26. The van der Waals surface area contributed by atoms with E-state index in [1.165, 1.54) is 0 Å². The van der Waals surface area contributed by atoms with Gasteiger partial charge >= 0.3 is 6.09 Å². The molecule has 1 saturated heterocycles. The number of hydrogen-bond acceptors (Lipinski definition) is 5. The Kier molecular flexibility index (Phi) is 5.12. The molecule has 23 heavy (non-hydrogen) atoms. The number of hydrogen-bond donors (Lipinski definition) is 0. The van der Waals surface area contributed by atoms with Gasteiger partial charge in [-0.3, -0.25) is 0 Å². The minimum absolute atomic E-state index is 0.203. The van der Waals surface area contributed by atoms with Crippen molar-refractivity contribution in [3.8, 4) is 0 Å². The zero-order valence-electron chi connectivity index (χ0n) is 12.7. The maximum Gasteiger partial charge on any atom is 0.410 e. The summed E-state index contributed by atoms with van der Waals surface area (Å²) in [6, 6.07) is 9.65. The number of rotatable bonds is 4. The van der Waals surface area contributed by atoms with Gasteiger partial charge in [0.2, 0.25) is 5.89 Å². The van der Waals surface area contributed by atoms with Gasteiger partial charge in [0.1, 0.15) is 12.5 Å². The highest BCUT2D eigenvalue weighted by Gasteiger charge is 2.27. The second-order valence-electron chi connectivity index (χ2n) is 5.48. The Morgan fingerprint density at radius 2 is 2.04 bits per heavy atom. The van der Waals surface area contributed by atoms with Crippen LogP contribution >= 0.6 is 11.6 Å². The van der Waals surface area contributed by atoms with E-state index in [1.54, 1.807) is 4.90 Å². The zero-order valence-corrected chi connectivity index (χ0v) is 13.4. The Morgan fingerprint density at radius 3 is 2.70 bits per heavy atom. The molecule has 2 aromatic rings. The number of halogens is 1. The molecule has 1 aromatic carbocycles. The molecule has 0 atom stereocenters. The number of likely N-dealkylation sites (tertiary alicyclic amines) is 1. The number of carbonyl (C=O) groups excluding carboxylic acids is 1. The first kappa shape index (κ1) is 15.8. The third-order valence-electron chi connectivity index (χ3n) is 3.92. The number of aromatic nitrogens is 2. The Morgan fingerprint density at radius 1 is 1.30 bits per heavy atom. The van der Waals surface area contributed by atoms with E-state index in [2.05, 4.69) is 10.1 Å². The van der Waals surface area contributed by atoms with E-state index in [0.29, 0.717) is 31.4 Å². The first-order valence-electron chi connectivity index (χ1n) is 7.60. The third-order valence-corrected chi connectivity index (χ3v) is 4.15. The van der Waals surface area contributed by atoms with Crippen molar-refractivity contribution >= 4 is 17.7 Å². The predicted molar refractivity (Wildman–Crippen MR) is 84.0 cm³/mol. The quantitative estimate of drug-likeness (QED) is 0.802. The first-order chi connectivity index (χ1) is 11.3. The van der Waals surface area contributed by atoms with Gasteiger partial charge in [-0.05, 0) is 18.4 Å². The van der Waals surface area contributed by atoms with Crippen LogP contribution in [-0.4, -0.2) is 34.2 Å². The molecule has 1 aliphatic heterocycles. The summed E-state index contributed by atoms with van der Waals surface area (Å²) >= 11 is 5.66. The molecule has 0 saturated carbocycles. The van der Waals surface area contributed by atoms with Gasteiger partial charge in [0.05, 0.1) is 0 Å². The van der Waals surface area contributed by atoms with Crippen LogP contribution in [0.15, 0.2) is 34.9 Å².